The fourth-order valence-electron chi connectivity index (χ4n) is 1.74. The Morgan fingerprint density at radius 2 is 1.69 bits per heavy atom. The van der Waals surface area contributed by atoms with Gasteiger partial charge in [0.2, 0.25) is 0 Å². The van der Waals surface area contributed by atoms with Gasteiger partial charge >= 0.3 is 5.97 Å². The van der Waals surface area contributed by atoms with Crippen molar-refractivity contribution in [2.24, 2.45) is 0 Å². The zero-order valence-electron chi connectivity index (χ0n) is 9.19. The van der Waals surface area contributed by atoms with Crippen LogP contribution < -0.4 is 4.74 Å². The Kier molecular flexibility index (Phi) is 2.77. The van der Waals surface area contributed by atoms with E-state index in [4.69, 9.17) is 9.47 Å². The highest BCUT2D eigenvalue weighted by atomic mass is 16.5. The Labute approximate surface area is 93.6 Å². The summed E-state index contributed by atoms with van der Waals surface area (Å²) in [5.74, 6) is 0.419. The number of hydrogen-bond acceptors (Lipinski definition) is 3. The van der Waals surface area contributed by atoms with Gasteiger partial charge in [0, 0.05) is 5.39 Å². The summed E-state index contributed by atoms with van der Waals surface area (Å²) in [4.78, 5) is 11.6. The van der Waals surface area contributed by atoms with Gasteiger partial charge < -0.3 is 9.47 Å². The van der Waals surface area contributed by atoms with Crippen LogP contribution in [0.15, 0.2) is 36.4 Å². The number of esters is 1. The van der Waals surface area contributed by atoms with Crippen LogP contribution in [0.1, 0.15) is 10.4 Å². The van der Waals surface area contributed by atoms with Gasteiger partial charge in [-0.15, -0.1) is 0 Å². The number of methoxy groups -OCH3 is 2. The minimum Gasteiger partial charge on any atom is -0.496 e. The van der Waals surface area contributed by atoms with Crippen molar-refractivity contribution in [2.45, 2.75) is 0 Å². The summed E-state index contributed by atoms with van der Waals surface area (Å²) in [6.07, 6.45) is 0. The maximum absolute atomic E-state index is 11.6. The lowest BCUT2D eigenvalue weighted by Crippen LogP contribution is -2.02. The average Bonchev–Trinajstić information content (AvgIpc) is 2.36. The minimum atomic E-state index is -0.334. The molecule has 0 fully saturated rings. The summed E-state index contributed by atoms with van der Waals surface area (Å²) in [7, 11) is 2.99. The van der Waals surface area contributed by atoms with E-state index in [1.807, 2.05) is 24.3 Å². The van der Waals surface area contributed by atoms with Gasteiger partial charge in [0.25, 0.3) is 0 Å². The molecule has 0 unspecified atom stereocenters. The molecule has 0 N–H and O–H groups in total. The molecule has 0 aliphatic heterocycles. The Morgan fingerprint density at radius 3 is 2.31 bits per heavy atom. The Morgan fingerprint density at radius 1 is 1.00 bits per heavy atom. The second-order valence-electron chi connectivity index (χ2n) is 3.35. The highest BCUT2D eigenvalue weighted by Gasteiger charge is 2.12. The molecule has 0 radical (unpaired) electrons. The molecule has 0 bridgehead atoms. The third-order valence-corrected chi connectivity index (χ3v) is 2.51. The topological polar surface area (TPSA) is 35.5 Å². The lowest BCUT2D eigenvalue weighted by atomic mass is 10.0. The first-order chi connectivity index (χ1) is 7.77. The molecule has 2 aromatic rings. The normalized spacial score (nSPS) is 10.1. The van der Waals surface area contributed by atoms with Crippen molar-refractivity contribution < 1.29 is 14.3 Å². The molecule has 0 aliphatic rings. The zero-order valence-corrected chi connectivity index (χ0v) is 9.19. The van der Waals surface area contributed by atoms with E-state index in [1.54, 1.807) is 19.2 Å². The molecule has 0 aromatic heterocycles. The predicted octanol–water partition coefficient (Wildman–Crippen LogP) is 2.64. The average molecular weight is 216 g/mol. The van der Waals surface area contributed by atoms with E-state index in [0.29, 0.717) is 5.56 Å². The fraction of sp³-hybridized carbons (Fsp3) is 0.154. The van der Waals surface area contributed by atoms with Crippen LogP contribution in [0.25, 0.3) is 10.8 Å². The summed E-state index contributed by atoms with van der Waals surface area (Å²) < 4.78 is 9.98. The highest BCUT2D eigenvalue weighted by Crippen LogP contribution is 2.28. The number of rotatable bonds is 2. The van der Waals surface area contributed by atoms with Gasteiger partial charge in [-0.05, 0) is 17.5 Å². The van der Waals surface area contributed by atoms with Gasteiger partial charge in [-0.1, -0.05) is 24.3 Å². The first-order valence-electron chi connectivity index (χ1n) is 4.92. The van der Waals surface area contributed by atoms with Crippen LogP contribution in [0.2, 0.25) is 0 Å². The standard InChI is InChI=1S/C13H12O3/c1-15-12-8-7-11(13(14)16-2)9-5-3-4-6-10(9)12/h3-8H,1-2H3. The van der Waals surface area contributed by atoms with Crippen molar-refractivity contribution >= 4 is 16.7 Å². The maximum Gasteiger partial charge on any atom is 0.338 e. The van der Waals surface area contributed by atoms with Crippen LogP contribution in [0.5, 0.6) is 5.75 Å². The predicted molar refractivity (Wildman–Crippen MR) is 61.8 cm³/mol. The molecular weight excluding hydrogens is 204 g/mol. The molecule has 0 amide bonds. The van der Waals surface area contributed by atoms with E-state index in [2.05, 4.69) is 0 Å². The van der Waals surface area contributed by atoms with Gasteiger partial charge in [-0.25, -0.2) is 4.79 Å². The van der Waals surface area contributed by atoms with Crippen LogP contribution in [-0.2, 0) is 4.74 Å². The second-order valence-corrected chi connectivity index (χ2v) is 3.35. The Bertz CT molecular complexity index is 532. The van der Waals surface area contributed by atoms with E-state index in [0.717, 1.165) is 16.5 Å². The van der Waals surface area contributed by atoms with Crippen molar-refractivity contribution in [3.63, 3.8) is 0 Å². The van der Waals surface area contributed by atoms with Crippen molar-refractivity contribution in [3.05, 3.63) is 42.0 Å². The molecule has 0 spiro atoms. The third-order valence-electron chi connectivity index (χ3n) is 2.51. The minimum absolute atomic E-state index is 0.334. The molecule has 0 saturated heterocycles. The molecule has 0 saturated carbocycles. The number of carbonyl (C=O) groups is 1. The highest BCUT2D eigenvalue weighted by molar-refractivity contribution is 6.06. The first kappa shape index (κ1) is 10.5. The number of fused-ring (bicyclic) bond motifs is 1. The number of hydrogen-bond donors (Lipinski definition) is 0. The van der Waals surface area contributed by atoms with Crippen molar-refractivity contribution in [2.75, 3.05) is 14.2 Å². The molecule has 2 rings (SSSR count). The molecule has 16 heavy (non-hydrogen) atoms. The Balaban J connectivity index is 2.74. The summed E-state index contributed by atoms with van der Waals surface area (Å²) in [6, 6.07) is 11.1. The molecule has 0 heterocycles. The largest absolute Gasteiger partial charge is 0.496 e. The zero-order chi connectivity index (χ0) is 11.5. The van der Waals surface area contributed by atoms with E-state index < -0.39 is 0 Å². The van der Waals surface area contributed by atoms with E-state index in [-0.39, 0.29) is 5.97 Å². The second kappa shape index (κ2) is 4.23. The van der Waals surface area contributed by atoms with Gasteiger partial charge in [0.1, 0.15) is 5.75 Å². The lowest BCUT2D eigenvalue weighted by Gasteiger charge is -2.08. The van der Waals surface area contributed by atoms with Gasteiger partial charge in [-0.2, -0.15) is 0 Å². The summed E-state index contributed by atoms with van der Waals surface area (Å²) in [6.45, 7) is 0. The summed E-state index contributed by atoms with van der Waals surface area (Å²) >= 11 is 0. The quantitative estimate of drug-likeness (QED) is 0.724. The smallest absolute Gasteiger partial charge is 0.338 e. The van der Waals surface area contributed by atoms with Gasteiger partial charge in [0.05, 0.1) is 19.8 Å². The number of ether oxygens (including phenoxy) is 2. The van der Waals surface area contributed by atoms with Gasteiger partial charge in [-0.3, -0.25) is 0 Å². The van der Waals surface area contributed by atoms with Crippen LogP contribution in [0, 0.1) is 0 Å². The van der Waals surface area contributed by atoms with Crippen LogP contribution >= 0.6 is 0 Å². The Hall–Kier alpha value is -2.03. The molecule has 2 aromatic carbocycles. The molecule has 82 valence electrons. The summed E-state index contributed by atoms with van der Waals surface area (Å²) in [5, 5.41) is 1.75. The van der Waals surface area contributed by atoms with Crippen LogP contribution in [0.3, 0.4) is 0 Å². The molecule has 3 heteroatoms. The molecular formula is C13H12O3. The molecule has 0 atom stereocenters. The number of benzene rings is 2. The fourth-order valence-corrected chi connectivity index (χ4v) is 1.74. The first-order valence-corrected chi connectivity index (χ1v) is 4.92. The van der Waals surface area contributed by atoms with Crippen LogP contribution in [0.4, 0.5) is 0 Å². The SMILES string of the molecule is COC(=O)c1ccc(OC)c2ccccc12. The van der Waals surface area contributed by atoms with Crippen LogP contribution in [-0.4, -0.2) is 20.2 Å². The van der Waals surface area contributed by atoms with E-state index in [9.17, 15) is 4.79 Å². The molecule has 0 aliphatic carbocycles. The summed E-state index contributed by atoms with van der Waals surface area (Å²) in [5.41, 5.74) is 0.555. The maximum atomic E-state index is 11.6. The van der Waals surface area contributed by atoms with Crippen molar-refractivity contribution in [3.8, 4) is 5.75 Å². The van der Waals surface area contributed by atoms with E-state index >= 15 is 0 Å². The van der Waals surface area contributed by atoms with Gasteiger partial charge in [0.15, 0.2) is 0 Å². The number of carbonyl (C=O) groups excluding carboxylic acids is 1. The third kappa shape index (κ3) is 1.60. The molecule has 3 nitrogen and oxygen atoms in total. The van der Waals surface area contributed by atoms with Crippen molar-refractivity contribution in [1.29, 1.82) is 0 Å². The monoisotopic (exact) mass is 216 g/mol. The van der Waals surface area contributed by atoms with Crippen molar-refractivity contribution in [1.82, 2.24) is 0 Å². The lowest BCUT2D eigenvalue weighted by molar-refractivity contribution is 0.0603. The van der Waals surface area contributed by atoms with E-state index in [1.165, 1.54) is 7.11 Å².